The molecule has 1 aliphatic rings. The van der Waals surface area contributed by atoms with E-state index < -0.39 is 0 Å². The molecule has 1 atom stereocenters. The number of nitrogens with zero attached hydrogens (tertiary/aromatic N) is 3. The quantitative estimate of drug-likeness (QED) is 0.430. The zero-order valence-electron chi connectivity index (χ0n) is 17.9. The van der Waals surface area contributed by atoms with Crippen molar-refractivity contribution in [3.63, 3.8) is 0 Å². The van der Waals surface area contributed by atoms with Gasteiger partial charge in [-0.1, -0.05) is 41.6 Å². The number of anilines is 2. The first-order valence-corrected chi connectivity index (χ1v) is 12.4. The number of thioether (sulfide) groups is 1. The van der Waals surface area contributed by atoms with Gasteiger partial charge in [0, 0.05) is 30.2 Å². The monoisotopic (exact) mass is 488 g/mol. The second-order valence-electron chi connectivity index (χ2n) is 7.69. The average Bonchev–Trinajstić information content (AvgIpc) is 3.40. The third-order valence-electron chi connectivity index (χ3n) is 4.88. The zero-order chi connectivity index (χ0) is 22.5. The summed E-state index contributed by atoms with van der Waals surface area (Å²) in [6, 6.07) is 9.53. The largest absolute Gasteiger partial charge is 0.383 e. The lowest BCUT2D eigenvalue weighted by atomic mass is 10.1. The summed E-state index contributed by atoms with van der Waals surface area (Å²) in [5, 5.41) is 12.9. The molecule has 32 heavy (non-hydrogen) atoms. The summed E-state index contributed by atoms with van der Waals surface area (Å²) >= 11 is 9.56. The Morgan fingerprint density at radius 3 is 2.94 bits per heavy atom. The van der Waals surface area contributed by atoms with Crippen LogP contribution in [-0.2, 0) is 6.54 Å². The van der Waals surface area contributed by atoms with Crippen molar-refractivity contribution in [2.75, 3.05) is 37.8 Å². The van der Waals surface area contributed by atoms with Gasteiger partial charge >= 0.3 is 6.03 Å². The van der Waals surface area contributed by atoms with Crippen molar-refractivity contribution in [3.05, 3.63) is 52.5 Å². The van der Waals surface area contributed by atoms with Crippen LogP contribution in [0.3, 0.4) is 0 Å². The van der Waals surface area contributed by atoms with Crippen LogP contribution < -0.4 is 16.0 Å². The van der Waals surface area contributed by atoms with Gasteiger partial charge in [-0.25, -0.2) is 4.79 Å². The second kappa shape index (κ2) is 10.5. The fourth-order valence-electron chi connectivity index (χ4n) is 3.42. The van der Waals surface area contributed by atoms with E-state index in [2.05, 4.69) is 30.8 Å². The molecule has 0 spiro atoms. The third-order valence-corrected chi connectivity index (χ3v) is 7.27. The molecule has 0 radical (unpaired) electrons. The predicted molar refractivity (Wildman–Crippen MR) is 137 cm³/mol. The van der Waals surface area contributed by atoms with Gasteiger partial charge in [0.1, 0.15) is 0 Å². The van der Waals surface area contributed by atoms with Gasteiger partial charge in [0.05, 0.1) is 27.5 Å². The van der Waals surface area contributed by atoms with Crippen LogP contribution in [0.4, 0.5) is 16.2 Å². The van der Waals surface area contributed by atoms with Gasteiger partial charge in [-0.3, -0.25) is 15.3 Å². The first kappa shape index (κ1) is 22.8. The number of aromatic nitrogens is 1. The number of nitrogens with one attached hydrogen (secondary N) is 3. The number of para-hydroxylation sites is 1. The number of hydrogen-bond acceptors (Lipinski definition) is 7. The van der Waals surface area contributed by atoms with E-state index >= 15 is 0 Å². The number of rotatable bonds is 7. The maximum absolute atomic E-state index is 12.5. The molecular formula is C22H25ClN6OS2. The molecule has 1 unspecified atom stereocenters. The zero-order valence-corrected chi connectivity index (χ0v) is 20.3. The molecule has 0 fully saturated rings. The fraction of sp³-hybridized carbons (Fsp3) is 0.318. The van der Waals surface area contributed by atoms with Gasteiger partial charge in [0.15, 0.2) is 5.17 Å². The molecule has 1 aliphatic heterocycles. The predicted octanol–water partition coefficient (Wildman–Crippen LogP) is 5.11. The van der Waals surface area contributed by atoms with Gasteiger partial charge in [0.25, 0.3) is 0 Å². The maximum Gasteiger partial charge on any atom is 0.325 e. The van der Waals surface area contributed by atoms with E-state index in [1.165, 1.54) is 0 Å². The Hall–Kier alpha value is -2.33. The Labute approximate surface area is 200 Å². The smallest absolute Gasteiger partial charge is 0.325 e. The van der Waals surface area contributed by atoms with E-state index in [9.17, 15) is 4.79 Å². The lowest BCUT2D eigenvalue weighted by molar-refractivity contribution is 0.256. The summed E-state index contributed by atoms with van der Waals surface area (Å²) in [7, 11) is 4.00. The molecule has 0 aliphatic carbocycles. The minimum atomic E-state index is -0.273. The third kappa shape index (κ3) is 5.72. The number of amidine groups is 1. The van der Waals surface area contributed by atoms with Crippen molar-refractivity contribution in [2.24, 2.45) is 4.99 Å². The molecule has 3 heterocycles. The average molecular weight is 489 g/mol. The van der Waals surface area contributed by atoms with Crippen LogP contribution in [0.2, 0.25) is 5.02 Å². The maximum atomic E-state index is 12.5. The minimum absolute atomic E-state index is 0.273. The van der Waals surface area contributed by atoms with Crippen molar-refractivity contribution in [1.82, 2.24) is 15.2 Å². The molecule has 1 aromatic carbocycles. The van der Waals surface area contributed by atoms with Crippen LogP contribution >= 0.6 is 34.7 Å². The number of carbonyl (C=O) groups excluding carboxylic acids is 1. The van der Waals surface area contributed by atoms with Crippen LogP contribution in [0, 0.1) is 0 Å². The lowest BCUT2D eigenvalue weighted by Gasteiger charge is -2.15. The van der Waals surface area contributed by atoms with Crippen molar-refractivity contribution in [2.45, 2.75) is 18.2 Å². The van der Waals surface area contributed by atoms with E-state index in [4.69, 9.17) is 11.6 Å². The van der Waals surface area contributed by atoms with Gasteiger partial charge < -0.3 is 15.5 Å². The highest BCUT2D eigenvalue weighted by Gasteiger charge is 2.21. The van der Waals surface area contributed by atoms with E-state index in [1.54, 1.807) is 29.3 Å². The molecule has 0 bridgehead atoms. The van der Waals surface area contributed by atoms with E-state index in [1.807, 2.05) is 49.8 Å². The number of benzene rings is 1. The topological polar surface area (TPSA) is 81.7 Å². The number of thiophene rings is 1. The Kier molecular flexibility index (Phi) is 7.51. The summed E-state index contributed by atoms with van der Waals surface area (Å²) in [6.07, 6.45) is 2.59. The van der Waals surface area contributed by atoms with Gasteiger partial charge in [-0.15, -0.1) is 11.3 Å². The van der Waals surface area contributed by atoms with E-state index in [0.29, 0.717) is 22.0 Å². The molecule has 3 N–H and O–H groups in total. The lowest BCUT2D eigenvalue weighted by Crippen LogP contribution is -2.32. The highest BCUT2D eigenvalue weighted by atomic mass is 35.5. The van der Waals surface area contributed by atoms with Crippen LogP contribution in [-0.4, -0.2) is 53.5 Å². The minimum Gasteiger partial charge on any atom is -0.383 e. The molecule has 4 rings (SSSR count). The summed E-state index contributed by atoms with van der Waals surface area (Å²) in [5.41, 5.74) is 3.75. The van der Waals surface area contributed by atoms with Crippen molar-refractivity contribution < 1.29 is 4.79 Å². The molecule has 0 saturated heterocycles. The van der Waals surface area contributed by atoms with Crippen LogP contribution in [0.15, 0.2) is 46.9 Å². The highest BCUT2D eigenvalue weighted by molar-refractivity contribution is 8.14. The highest BCUT2D eigenvalue weighted by Crippen LogP contribution is 2.33. The van der Waals surface area contributed by atoms with Gasteiger partial charge in [-0.05, 0) is 43.6 Å². The molecule has 0 saturated carbocycles. The van der Waals surface area contributed by atoms with Crippen LogP contribution in [0.25, 0.3) is 10.2 Å². The summed E-state index contributed by atoms with van der Waals surface area (Å²) < 4.78 is 1.07. The summed E-state index contributed by atoms with van der Waals surface area (Å²) in [5.74, 6) is 0. The molecule has 3 aromatic rings. The first-order valence-electron chi connectivity index (χ1n) is 10.3. The number of halogens is 1. The molecule has 10 heteroatoms. The summed E-state index contributed by atoms with van der Waals surface area (Å²) in [6.45, 7) is 2.19. The number of hydrogen-bond donors (Lipinski definition) is 3. The number of amides is 2. The van der Waals surface area contributed by atoms with Gasteiger partial charge in [-0.2, -0.15) is 0 Å². The van der Waals surface area contributed by atoms with Gasteiger partial charge in [0.2, 0.25) is 0 Å². The number of fused-ring (bicyclic) bond motifs is 1. The van der Waals surface area contributed by atoms with Crippen molar-refractivity contribution >= 4 is 67.5 Å². The standard InChI is InChI=1S/C22H25ClN6OS2/c1-29(2)13-14-5-3-4-6-17(14)27-21(30)28-22-26-11-15(32-22)7-9-24-19-16(23)12-25-18-8-10-31-20(18)19/h3-6,8,10,12,15H,7,9,11,13H2,1-2H3,(H,24,25)(H2,26,27,28,30). The normalized spacial score (nSPS) is 15.8. The Balaban J connectivity index is 1.25. The molecule has 2 aromatic heterocycles. The Bertz CT molecular complexity index is 1130. The Morgan fingerprint density at radius 2 is 2.09 bits per heavy atom. The van der Waals surface area contributed by atoms with Crippen molar-refractivity contribution in [3.8, 4) is 0 Å². The molecular weight excluding hydrogens is 464 g/mol. The fourth-order valence-corrected chi connectivity index (χ4v) is 5.56. The first-order chi connectivity index (χ1) is 15.5. The van der Waals surface area contributed by atoms with Crippen LogP contribution in [0.5, 0.6) is 0 Å². The second-order valence-corrected chi connectivity index (χ2v) is 10.3. The Morgan fingerprint density at radius 1 is 1.25 bits per heavy atom. The SMILES string of the molecule is CN(C)Cc1ccccc1NC(=O)NC1=NCC(CCNc2c(Cl)cnc3ccsc23)S1. The molecule has 7 nitrogen and oxygen atoms in total. The number of aliphatic imine (C=N–C) groups is 1. The number of pyridine rings is 1. The molecule has 168 valence electrons. The number of urea groups is 1. The summed E-state index contributed by atoms with van der Waals surface area (Å²) in [4.78, 5) is 23.4. The van der Waals surface area contributed by atoms with Crippen molar-refractivity contribution in [1.29, 1.82) is 0 Å². The number of carbonyl (C=O) groups is 1. The molecule has 2 amide bonds. The van der Waals surface area contributed by atoms with E-state index in [-0.39, 0.29) is 6.03 Å². The van der Waals surface area contributed by atoms with Crippen LogP contribution in [0.1, 0.15) is 12.0 Å². The van der Waals surface area contributed by atoms with E-state index in [0.717, 1.165) is 46.7 Å².